The van der Waals surface area contributed by atoms with E-state index >= 15 is 0 Å². The number of hydrogen-bond donors (Lipinski definition) is 1. The largest absolute Gasteiger partial charge is 0.444 e. The van der Waals surface area contributed by atoms with E-state index in [1.807, 2.05) is 0 Å². The molecule has 2 aliphatic rings. The zero-order valence-electron chi connectivity index (χ0n) is 25.6. The Morgan fingerprint density at radius 3 is 2.42 bits per heavy atom. The molecule has 2 aromatic carbocycles. The molecule has 2 aromatic heterocycles. The van der Waals surface area contributed by atoms with Gasteiger partial charge in [0.15, 0.2) is 9.84 Å². The van der Waals surface area contributed by atoms with E-state index in [1.165, 1.54) is 6.07 Å². The molecule has 2 amide bonds. The molecule has 0 radical (unpaired) electrons. The Balaban J connectivity index is 1.37. The first-order valence-electron chi connectivity index (χ1n) is 14.6. The molecule has 1 aliphatic heterocycles. The van der Waals surface area contributed by atoms with E-state index in [4.69, 9.17) is 13.7 Å². The third kappa shape index (κ3) is 7.02. The van der Waals surface area contributed by atoms with Crippen LogP contribution in [0, 0.1) is 0 Å². The number of sulfone groups is 1. The van der Waals surface area contributed by atoms with E-state index in [0.29, 0.717) is 22.8 Å². The van der Waals surface area contributed by atoms with Crippen LogP contribution in [-0.2, 0) is 25.9 Å². The van der Waals surface area contributed by atoms with Crippen LogP contribution in [0.4, 0.5) is 28.0 Å². The molecule has 1 N–H and O–H groups in total. The second-order valence-corrected chi connectivity index (χ2v) is 14.4. The van der Waals surface area contributed by atoms with Gasteiger partial charge in [-0.15, -0.1) is 10.2 Å². The molecule has 1 unspecified atom stereocenters. The van der Waals surface area contributed by atoms with E-state index in [0.717, 1.165) is 29.9 Å². The van der Waals surface area contributed by atoms with Crippen LogP contribution >= 0.6 is 0 Å². The SMILES string of the molecule is CC(C)(C)OC(=O)N[C@H]1CS(=O)(=O)c2ccc(-c3nnc(C(F)C(F)(F)F)o3)cc2N(Cc2ccc(-c3noc(C4CC4)n3)cc2)C1=O. The van der Waals surface area contributed by atoms with Gasteiger partial charge in [-0.1, -0.05) is 29.4 Å². The predicted octanol–water partition coefficient (Wildman–Crippen LogP) is 5.45. The van der Waals surface area contributed by atoms with Crippen molar-refractivity contribution in [2.45, 2.75) is 75.0 Å². The molecular formula is C30H28F4N6O7S. The van der Waals surface area contributed by atoms with Crippen molar-refractivity contribution in [2.75, 3.05) is 10.7 Å². The summed E-state index contributed by atoms with van der Waals surface area (Å²) in [5.41, 5.74) is -0.0808. The van der Waals surface area contributed by atoms with Crippen molar-refractivity contribution >= 4 is 27.5 Å². The Hall–Kier alpha value is -4.87. The Morgan fingerprint density at radius 2 is 1.77 bits per heavy atom. The van der Waals surface area contributed by atoms with Gasteiger partial charge in [-0.2, -0.15) is 18.2 Å². The number of amides is 2. The van der Waals surface area contributed by atoms with Crippen LogP contribution in [0.1, 0.15) is 63.0 Å². The van der Waals surface area contributed by atoms with Crippen molar-refractivity contribution in [2.24, 2.45) is 0 Å². The molecule has 254 valence electrons. The number of ether oxygens (including phenoxy) is 1. The molecule has 1 aliphatic carbocycles. The van der Waals surface area contributed by atoms with E-state index in [2.05, 4.69) is 25.7 Å². The molecule has 3 heterocycles. The fourth-order valence-electron chi connectivity index (χ4n) is 4.91. The summed E-state index contributed by atoms with van der Waals surface area (Å²) < 4.78 is 95.3. The maximum absolute atomic E-state index is 14.0. The maximum Gasteiger partial charge on any atom is 0.428 e. The molecule has 6 rings (SSSR count). The first kappa shape index (κ1) is 33.0. The van der Waals surface area contributed by atoms with Crippen molar-refractivity contribution in [1.82, 2.24) is 25.7 Å². The molecule has 13 nitrogen and oxygen atoms in total. The first-order chi connectivity index (χ1) is 22.5. The lowest BCUT2D eigenvalue weighted by Crippen LogP contribution is -2.51. The number of alkyl halides is 4. The van der Waals surface area contributed by atoms with Crippen molar-refractivity contribution in [3.63, 3.8) is 0 Å². The van der Waals surface area contributed by atoms with Crippen LogP contribution < -0.4 is 10.2 Å². The lowest BCUT2D eigenvalue weighted by molar-refractivity contribution is -0.188. The highest BCUT2D eigenvalue weighted by molar-refractivity contribution is 7.91. The Labute approximate surface area is 270 Å². The Morgan fingerprint density at radius 1 is 1.08 bits per heavy atom. The number of carbonyl (C=O) groups excluding carboxylic acids is 2. The Kier molecular flexibility index (Phi) is 8.25. The molecule has 4 aromatic rings. The van der Waals surface area contributed by atoms with Gasteiger partial charge in [0.25, 0.3) is 18.0 Å². The number of nitrogens with zero attached hydrogens (tertiary/aromatic N) is 5. The Bertz CT molecular complexity index is 1970. The number of aromatic nitrogens is 4. The second kappa shape index (κ2) is 12.0. The summed E-state index contributed by atoms with van der Waals surface area (Å²) in [6.45, 7) is 4.56. The fraction of sp³-hybridized carbons (Fsp3) is 0.400. The average molecular weight is 693 g/mol. The third-order valence-corrected chi connectivity index (χ3v) is 9.13. The van der Waals surface area contributed by atoms with Crippen LogP contribution in [0.2, 0.25) is 0 Å². The molecule has 1 saturated carbocycles. The number of nitrogens with one attached hydrogen (secondary N) is 1. The number of carbonyl (C=O) groups is 2. The summed E-state index contributed by atoms with van der Waals surface area (Å²) in [5.74, 6) is -2.37. The molecule has 0 saturated heterocycles. The highest BCUT2D eigenvalue weighted by atomic mass is 32.2. The van der Waals surface area contributed by atoms with Crippen LogP contribution in [0.5, 0.6) is 0 Å². The second-order valence-electron chi connectivity index (χ2n) is 12.4. The number of rotatable bonds is 7. The molecular weight excluding hydrogens is 664 g/mol. The van der Waals surface area contributed by atoms with Crippen molar-refractivity contribution in [1.29, 1.82) is 0 Å². The quantitative estimate of drug-likeness (QED) is 0.244. The molecule has 1 fully saturated rings. The van der Waals surface area contributed by atoms with Crippen molar-refractivity contribution < 1.29 is 49.2 Å². The zero-order valence-corrected chi connectivity index (χ0v) is 26.4. The lowest BCUT2D eigenvalue weighted by atomic mass is 10.1. The average Bonchev–Trinajstić information content (AvgIpc) is 3.54. The van der Waals surface area contributed by atoms with Gasteiger partial charge in [-0.3, -0.25) is 4.79 Å². The number of benzene rings is 2. The number of alkyl carbamates (subject to hydrolysis) is 1. The monoisotopic (exact) mass is 692 g/mol. The molecule has 0 bridgehead atoms. The van der Waals surface area contributed by atoms with E-state index in [9.17, 15) is 35.6 Å². The van der Waals surface area contributed by atoms with Gasteiger partial charge in [0.2, 0.25) is 17.6 Å². The summed E-state index contributed by atoms with van der Waals surface area (Å²) in [7, 11) is -4.28. The van der Waals surface area contributed by atoms with E-state index < -0.39 is 63.4 Å². The van der Waals surface area contributed by atoms with Crippen LogP contribution in [0.15, 0.2) is 56.3 Å². The summed E-state index contributed by atoms with van der Waals surface area (Å²) in [6, 6.07) is 8.58. The van der Waals surface area contributed by atoms with Gasteiger partial charge in [0.05, 0.1) is 22.9 Å². The van der Waals surface area contributed by atoms with Gasteiger partial charge in [-0.05, 0) is 57.4 Å². The summed E-state index contributed by atoms with van der Waals surface area (Å²) >= 11 is 0. The minimum atomic E-state index is -5.30. The van der Waals surface area contributed by atoms with Gasteiger partial charge in [-0.25, -0.2) is 17.6 Å². The zero-order chi connectivity index (χ0) is 34.6. The van der Waals surface area contributed by atoms with Gasteiger partial charge in [0, 0.05) is 17.0 Å². The molecule has 48 heavy (non-hydrogen) atoms. The minimum absolute atomic E-state index is 0.0904. The standard InChI is InChI=1S/C30H28F4N6O7S/c1-29(2,3)46-28(42)35-19-14-48(43,44)21-11-10-18(25-37-38-26(45-25)22(31)30(32,33)34)12-20(21)40(27(19)41)13-15-4-6-16(7-5-15)23-36-24(47-39-23)17-8-9-17/h4-7,10-12,17,19,22H,8-9,13-14H2,1-3H3,(H,35,42)/t19-,22?/m0/s1. The van der Waals surface area contributed by atoms with Crippen LogP contribution in [-0.4, -0.2) is 64.3 Å². The summed E-state index contributed by atoms with van der Waals surface area (Å²) in [4.78, 5) is 31.9. The summed E-state index contributed by atoms with van der Waals surface area (Å²) in [6.07, 6.45) is -7.92. The molecule has 18 heteroatoms. The number of fused-ring (bicyclic) bond motifs is 1. The molecule has 2 atom stereocenters. The summed E-state index contributed by atoms with van der Waals surface area (Å²) in [5, 5.41) is 13.0. The normalized spacial score (nSPS) is 18.6. The fourth-order valence-corrected chi connectivity index (χ4v) is 6.52. The van der Waals surface area contributed by atoms with Crippen LogP contribution in [0.25, 0.3) is 22.8 Å². The number of hydrogen-bond acceptors (Lipinski definition) is 11. The highest BCUT2D eigenvalue weighted by Crippen LogP contribution is 2.40. The maximum atomic E-state index is 14.0. The lowest BCUT2D eigenvalue weighted by Gasteiger charge is -2.27. The van der Waals surface area contributed by atoms with E-state index in [-0.39, 0.29) is 28.6 Å². The first-order valence-corrected chi connectivity index (χ1v) is 16.3. The van der Waals surface area contributed by atoms with Gasteiger partial charge < -0.3 is 23.9 Å². The topological polar surface area (TPSA) is 171 Å². The van der Waals surface area contributed by atoms with Crippen molar-refractivity contribution in [3.8, 4) is 22.8 Å². The van der Waals surface area contributed by atoms with E-state index in [1.54, 1.807) is 45.0 Å². The number of halogens is 4. The van der Waals surface area contributed by atoms with Gasteiger partial charge >= 0.3 is 12.3 Å². The highest BCUT2D eigenvalue weighted by Gasteiger charge is 2.45. The van der Waals surface area contributed by atoms with Crippen molar-refractivity contribution in [3.05, 3.63) is 59.8 Å². The van der Waals surface area contributed by atoms with Crippen LogP contribution in [0.3, 0.4) is 0 Å². The molecule has 0 spiro atoms. The predicted molar refractivity (Wildman–Crippen MR) is 158 cm³/mol. The smallest absolute Gasteiger partial charge is 0.428 e. The minimum Gasteiger partial charge on any atom is -0.444 e. The number of anilines is 1. The third-order valence-electron chi connectivity index (χ3n) is 7.34. The van der Waals surface area contributed by atoms with Gasteiger partial charge in [0.1, 0.15) is 11.6 Å².